The molecule has 0 radical (unpaired) electrons. The number of likely N-dealkylation sites (tertiary alicyclic amines) is 1. The molecule has 2 aliphatic heterocycles. The lowest BCUT2D eigenvalue weighted by atomic mass is 9.79. The number of ether oxygens (including phenoxy) is 1. The van der Waals surface area contributed by atoms with Gasteiger partial charge >= 0.3 is 6.09 Å². The molecule has 8 nitrogen and oxygen atoms in total. The summed E-state index contributed by atoms with van der Waals surface area (Å²) in [7, 11) is 0. The van der Waals surface area contributed by atoms with Crippen molar-refractivity contribution in [3.63, 3.8) is 0 Å². The molecule has 2 saturated heterocycles. The van der Waals surface area contributed by atoms with Gasteiger partial charge in [-0.3, -0.25) is 19.1 Å². The Balaban J connectivity index is 0.00000405. The number of carbonyl (C=O) groups is 3. The van der Waals surface area contributed by atoms with Crippen LogP contribution in [0, 0.1) is 11.8 Å². The molecule has 1 spiro atoms. The van der Waals surface area contributed by atoms with E-state index in [0.29, 0.717) is 31.9 Å². The van der Waals surface area contributed by atoms with Crippen molar-refractivity contribution >= 4 is 41.2 Å². The van der Waals surface area contributed by atoms with E-state index >= 15 is 0 Å². The number of carbonyl (C=O) groups excluding carboxylic acids is 3. The molecule has 3 aliphatic rings. The Hall–Kier alpha value is -2.58. The third-order valence-corrected chi connectivity index (χ3v) is 9.42. The molecular formula is C33H49ClN4O4. The van der Waals surface area contributed by atoms with Gasteiger partial charge in [-0.2, -0.15) is 0 Å². The number of unbranched alkanes of at least 4 members (excludes halogenated alkanes) is 1. The zero-order chi connectivity index (χ0) is 29.0. The highest BCUT2D eigenvalue weighted by Crippen LogP contribution is 2.36. The van der Waals surface area contributed by atoms with Gasteiger partial charge in [0, 0.05) is 37.8 Å². The quantitative estimate of drug-likeness (QED) is 0.374. The van der Waals surface area contributed by atoms with Crippen LogP contribution in [-0.4, -0.2) is 70.1 Å². The van der Waals surface area contributed by atoms with Crippen molar-refractivity contribution in [2.45, 2.75) is 103 Å². The minimum atomic E-state index is -0.733. The van der Waals surface area contributed by atoms with Gasteiger partial charge in [0.05, 0.1) is 12.1 Å². The van der Waals surface area contributed by atoms with Crippen molar-refractivity contribution in [2.75, 3.05) is 26.2 Å². The first kappa shape index (κ1) is 32.3. The highest BCUT2D eigenvalue weighted by atomic mass is 35.5. The minimum Gasteiger partial charge on any atom is -0.449 e. The number of halogens is 1. The SMILES string of the molecule is CCCCN1C(=O)[C@H](CC2CCCCC2)NC(=O)C12CCN(Cc1ccc3c(ccn3C(=O)OCC(C)C)c1)CC2.Cl. The number of piperazine rings is 1. The number of piperidine rings is 1. The van der Waals surface area contributed by atoms with Gasteiger partial charge in [-0.1, -0.05) is 65.4 Å². The lowest BCUT2D eigenvalue weighted by molar-refractivity contribution is -0.162. The molecule has 1 atom stereocenters. The first-order chi connectivity index (χ1) is 19.8. The van der Waals surface area contributed by atoms with Crippen LogP contribution in [0.1, 0.15) is 90.5 Å². The van der Waals surface area contributed by atoms with E-state index in [-0.39, 0.29) is 42.3 Å². The molecule has 1 aliphatic carbocycles. The number of aromatic nitrogens is 1. The summed E-state index contributed by atoms with van der Waals surface area (Å²) in [5.41, 5.74) is 1.27. The number of nitrogens with one attached hydrogen (secondary N) is 1. The fourth-order valence-corrected chi connectivity index (χ4v) is 7.03. The van der Waals surface area contributed by atoms with E-state index in [0.717, 1.165) is 49.8 Å². The van der Waals surface area contributed by atoms with Crippen molar-refractivity contribution < 1.29 is 19.1 Å². The topological polar surface area (TPSA) is 83.9 Å². The van der Waals surface area contributed by atoms with E-state index in [2.05, 4.69) is 29.3 Å². The Morgan fingerprint density at radius 2 is 1.83 bits per heavy atom. The summed E-state index contributed by atoms with van der Waals surface area (Å²) in [6.45, 7) is 9.53. The number of nitrogens with zero attached hydrogens (tertiary/aromatic N) is 3. The van der Waals surface area contributed by atoms with Gasteiger partial charge in [0.1, 0.15) is 11.6 Å². The van der Waals surface area contributed by atoms with E-state index in [1.807, 2.05) is 30.9 Å². The summed E-state index contributed by atoms with van der Waals surface area (Å²) in [6, 6.07) is 7.77. The average molecular weight is 601 g/mol. The first-order valence-electron chi connectivity index (χ1n) is 15.9. The van der Waals surface area contributed by atoms with Crippen molar-refractivity contribution in [2.24, 2.45) is 11.8 Å². The van der Waals surface area contributed by atoms with Crippen LogP contribution in [-0.2, 0) is 20.9 Å². The van der Waals surface area contributed by atoms with Crippen LogP contribution >= 0.6 is 12.4 Å². The fourth-order valence-electron chi connectivity index (χ4n) is 7.03. The molecule has 0 unspecified atom stereocenters. The van der Waals surface area contributed by atoms with Crippen molar-refractivity contribution in [3.05, 3.63) is 36.0 Å². The number of amides is 2. The van der Waals surface area contributed by atoms with Gasteiger partial charge in [0.15, 0.2) is 0 Å². The molecule has 1 saturated carbocycles. The number of benzene rings is 1. The van der Waals surface area contributed by atoms with Crippen LogP contribution < -0.4 is 5.32 Å². The highest BCUT2D eigenvalue weighted by Gasteiger charge is 2.53. The van der Waals surface area contributed by atoms with Crippen molar-refractivity contribution in [3.8, 4) is 0 Å². The molecular weight excluding hydrogens is 552 g/mol. The van der Waals surface area contributed by atoms with Crippen LogP contribution in [0.25, 0.3) is 10.9 Å². The van der Waals surface area contributed by atoms with Crippen molar-refractivity contribution in [1.82, 2.24) is 19.7 Å². The van der Waals surface area contributed by atoms with Crippen LogP contribution in [0.3, 0.4) is 0 Å². The summed E-state index contributed by atoms with van der Waals surface area (Å²) in [4.78, 5) is 44.4. The number of rotatable bonds is 9. The number of hydrogen-bond acceptors (Lipinski definition) is 5. The lowest BCUT2D eigenvalue weighted by Gasteiger charge is -2.52. The molecule has 3 heterocycles. The molecule has 1 N–H and O–H groups in total. The maximum atomic E-state index is 13.8. The molecule has 2 aromatic rings. The summed E-state index contributed by atoms with van der Waals surface area (Å²) >= 11 is 0. The largest absolute Gasteiger partial charge is 0.449 e. The molecule has 232 valence electrons. The van der Waals surface area contributed by atoms with Gasteiger partial charge in [-0.25, -0.2) is 4.79 Å². The lowest BCUT2D eigenvalue weighted by Crippen LogP contribution is -2.73. The molecule has 0 bridgehead atoms. The van der Waals surface area contributed by atoms with Gasteiger partial charge in [0.25, 0.3) is 0 Å². The monoisotopic (exact) mass is 600 g/mol. The summed E-state index contributed by atoms with van der Waals surface area (Å²) in [5, 5.41) is 4.21. The highest BCUT2D eigenvalue weighted by molar-refractivity contribution is 6.00. The molecule has 5 rings (SSSR count). The van der Waals surface area contributed by atoms with Gasteiger partial charge in [0.2, 0.25) is 11.8 Å². The number of fused-ring (bicyclic) bond motifs is 1. The van der Waals surface area contributed by atoms with Crippen LogP contribution in [0.4, 0.5) is 4.79 Å². The van der Waals surface area contributed by atoms with Gasteiger partial charge < -0.3 is 15.0 Å². The van der Waals surface area contributed by atoms with E-state index in [9.17, 15) is 14.4 Å². The second kappa shape index (κ2) is 14.3. The zero-order valence-corrected chi connectivity index (χ0v) is 26.4. The van der Waals surface area contributed by atoms with Crippen LogP contribution in [0.5, 0.6) is 0 Å². The molecule has 1 aromatic carbocycles. The Bertz CT molecular complexity index is 1230. The van der Waals surface area contributed by atoms with Crippen LogP contribution in [0.15, 0.2) is 30.5 Å². The van der Waals surface area contributed by atoms with E-state index in [1.165, 1.54) is 37.7 Å². The summed E-state index contributed by atoms with van der Waals surface area (Å²) < 4.78 is 6.98. The second-order valence-electron chi connectivity index (χ2n) is 13.0. The third kappa shape index (κ3) is 6.96. The Kier molecular flexibility index (Phi) is 11.0. The standard InChI is InChI=1S/C33H48N4O4.ClH/c1-4-5-16-37-30(38)28(21-25-9-7-6-8-10-25)34-31(39)33(37)14-18-35(19-15-33)22-26-11-12-29-27(20-26)13-17-36(29)32(40)41-23-24(2)3;/h11-13,17,20,24-25,28H,4-10,14-16,18-19,21-23H2,1-3H3,(H,34,39);1H/t28-;/m0./s1. The smallest absolute Gasteiger partial charge is 0.418 e. The van der Waals surface area contributed by atoms with Gasteiger partial charge in [-0.05, 0) is 61.3 Å². The fraction of sp³-hybridized carbons (Fsp3) is 0.667. The average Bonchev–Trinajstić information content (AvgIpc) is 3.40. The maximum Gasteiger partial charge on any atom is 0.418 e. The zero-order valence-electron chi connectivity index (χ0n) is 25.6. The molecule has 9 heteroatoms. The molecule has 1 aromatic heterocycles. The predicted molar refractivity (Wildman–Crippen MR) is 168 cm³/mol. The predicted octanol–water partition coefficient (Wildman–Crippen LogP) is 6.14. The van der Waals surface area contributed by atoms with E-state index < -0.39 is 5.54 Å². The maximum absolute atomic E-state index is 13.8. The Morgan fingerprint density at radius 3 is 2.52 bits per heavy atom. The van der Waals surface area contributed by atoms with Crippen LogP contribution in [0.2, 0.25) is 0 Å². The van der Waals surface area contributed by atoms with Crippen molar-refractivity contribution in [1.29, 1.82) is 0 Å². The molecule has 3 fully saturated rings. The first-order valence-corrected chi connectivity index (χ1v) is 15.9. The molecule has 2 amide bonds. The summed E-state index contributed by atoms with van der Waals surface area (Å²) in [5.74, 6) is 1.03. The Labute approximate surface area is 256 Å². The normalized spacial score (nSPS) is 21.5. The van der Waals surface area contributed by atoms with E-state index in [4.69, 9.17) is 4.74 Å². The Morgan fingerprint density at radius 1 is 1.10 bits per heavy atom. The van der Waals surface area contributed by atoms with E-state index in [1.54, 1.807) is 10.8 Å². The number of hydrogen-bond donors (Lipinski definition) is 1. The third-order valence-electron chi connectivity index (χ3n) is 9.42. The molecule has 42 heavy (non-hydrogen) atoms. The second-order valence-corrected chi connectivity index (χ2v) is 13.0. The van der Waals surface area contributed by atoms with Gasteiger partial charge in [-0.15, -0.1) is 12.4 Å². The summed E-state index contributed by atoms with van der Waals surface area (Å²) in [6.07, 6.45) is 11.6. The minimum absolute atomic E-state index is 0.